The Morgan fingerprint density at radius 3 is 2.76 bits per heavy atom. The Morgan fingerprint density at radius 2 is 2.12 bits per heavy atom. The van der Waals surface area contributed by atoms with Gasteiger partial charge >= 0.3 is 0 Å². The minimum Gasteiger partial charge on any atom is -0.497 e. The molecule has 96 valence electrons. The Labute approximate surface area is 112 Å². The molecule has 1 unspecified atom stereocenters. The molecule has 0 N–H and O–H groups in total. The van der Waals surface area contributed by atoms with E-state index in [1.54, 1.807) is 14.2 Å². The van der Waals surface area contributed by atoms with E-state index in [1.807, 2.05) is 6.07 Å². The maximum atomic E-state index is 5.24. The minimum absolute atomic E-state index is 0.664. The van der Waals surface area contributed by atoms with E-state index in [9.17, 15) is 0 Å². The number of hydrogen-bond donors (Lipinski definition) is 0. The second kappa shape index (κ2) is 8.54. The highest BCUT2D eigenvalue weighted by Gasteiger charge is 2.08. The van der Waals surface area contributed by atoms with Crippen molar-refractivity contribution in [2.24, 2.45) is 5.92 Å². The smallest absolute Gasteiger partial charge is 0.119 e. The summed E-state index contributed by atoms with van der Waals surface area (Å²) in [6.45, 7) is 0.849. The molecule has 0 spiro atoms. The average molecular weight is 301 g/mol. The van der Waals surface area contributed by atoms with Gasteiger partial charge < -0.3 is 9.47 Å². The van der Waals surface area contributed by atoms with E-state index in [4.69, 9.17) is 9.47 Å². The zero-order valence-electron chi connectivity index (χ0n) is 10.6. The minimum atomic E-state index is 0.664. The third-order valence-corrected chi connectivity index (χ3v) is 3.75. The second-order valence-corrected chi connectivity index (χ2v) is 4.86. The molecule has 0 aliphatic rings. The number of benzene rings is 1. The second-order valence-electron chi connectivity index (χ2n) is 4.21. The maximum Gasteiger partial charge on any atom is 0.119 e. The summed E-state index contributed by atoms with van der Waals surface area (Å²) in [5.41, 5.74) is 1.34. The molecule has 2 nitrogen and oxygen atoms in total. The van der Waals surface area contributed by atoms with Gasteiger partial charge in [0.2, 0.25) is 0 Å². The van der Waals surface area contributed by atoms with Crippen LogP contribution in [0.5, 0.6) is 5.75 Å². The number of hydrogen-bond acceptors (Lipinski definition) is 2. The molecule has 0 saturated heterocycles. The highest BCUT2D eigenvalue weighted by atomic mass is 79.9. The van der Waals surface area contributed by atoms with Gasteiger partial charge in [0.1, 0.15) is 5.75 Å². The van der Waals surface area contributed by atoms with Crippen molar-refractivity contribution in [3.8, 4) is 5.75 Å². The molecular weight excluding hydrogens is 280 g/mol. The van der Waals surface area contributed by atoms with E-state index < -0.39 is 0 Å². The van der Waals surface area contributed by atoms with E-state index in [0.29, 0.717) is 5.92 Å². The largest absolute Gasteiger partial charge is 0.497 e. The van der Waals surface area contributed by atoms with Crippen molar-refractivity contribution in [3.05, 3.63) is 29.8 Å². The fourth-order valence-electron chi connectivity index (χ4n) is 1.88. The van der Waals surface area contributed by atoms with Crippen LogP contribution in [0.2, 0.25) is 0 Å². The third-order valence-electron chi connectivity index (χ3n) is 2.84. The molecule has 1 aromatic rings. The molecule has 1 aromatic carbocycles. The summed E-state index contributed by atoms with van der Waals surface area (Å²) in [6, 6.07) is 8.31. The van der Waals surface area contributed by atoms with Crippen LogP contribution in [0.15, 0.2) is 24.3 Å². The van der Waals surface area contributed by atoms with Gasteiger partial charge in [-0.3, -0.25) is 0 Å². The van der Waals surface area contributed by atoms with Crippen molar-refractivity contribution in [1.82, 2.24) is 0 Å². The SMILES string of the molecule is COCCCC(CBr)Cc1cccc(OC)c1. The molecule has 0 heterocycles. The van der Waals surface area contributed by atoms with Crippen LogP contribution in [0.25, 0.3) is 0 Å². The Kier molecular flexibility index (Phi) is 7.29. The van der Waals surface area contributed by atoms with Crippen molar-refractivity contribution in [1.29, 1.82) is 0 Å². The van der Waals surface area contributed by atoms with Gasteiger partial charge in [-0.2, -0.15) is 0 Å². The molecule has 17 heavy (non-hydrogen) atoms. The fourth-order valence-corrected chi connectivity index (χ4v) is 2.44. The first kappa shape index (κ1) is 14.5. The quantitative estimate of drug-likeness (QED) is 0.539. The fraction of sp³-hybridized carbons (Fsp3) is 0.571. The summed E-state index contributed by atoms with van der Waals surface area (Å²) in [5.74, 6) is 1.60. The predicted molar refractivity (Wildman–Crippen MR) is 75.1 cm³/mol. The summed E-state index contributed by atoms with van der Waals surface area (Å²) in [7, 11) is 3.46. The molecule has 1 atom stereocenters. The van der Waals surface area contributed by atoms with E-state index >= 15 is 0 Å². The summed E-state index contributed by atoms with van der Waals surface area (Å²) in [4.78, 5) is 0. The van der Waals surface area contributed by atoms with Crippen molar-refractivity contribution in [2.45, 2.75) is 19.3 Å². The van der Waals surface area contributed by atoms with Crippen molar-refractivity contribution in [3.63, 3.8) is 0 Å². The van der Waals surface area contributed by atoms with Crippen molar-refractivity contribution < 1.29 is 9.47 Å². The van der Waals surface area contributed by atoms with Crippen LogP contribution in [0, 0.1) is 5.92 Å². The summed E-state index contributed by atoms with van der Waals surface area (Å²) < 4.78 is 10.3. The van der Waals surface area contributed by atoms with Crippen LogP contribution in [-0.4, -0.2) is 26.2 Å². The topological polar surface area (TPSA) is 18.5 Å². The molecule has 0 fully saturated rings. The number of halogens is 1. The van der Waals surface area contributed by atoms with Crippen LogP contribution in [0.1, 0.15) is 18.4 Å². The Hall–Kier alpha value is -0.540. The average Bonchev–Trinajstić information content (AvgIpc) is 2.38. The van der Waals surface area contributed by atoms with Crippen molar-refractivity contribution >= 4 is 15.9 Å². The van der Waals surface area contributed by atoms with Gasteiger partial charge in [-0.25, -0.2) is 0 Å². The summed E-state index contributed by atoms with van der Waals surface area (Å²) >= 11 is 3.59. The maximum absolute atomic E-state index is 5.24. The van der Waals surface area contributed by atoms with Gasteiger partial charge in [0.05, 0.1) is 7.11 Å². The first-order chi connectivity index (χ1) is 8.30. The third kappa shape index (κ3) is 5.55. The molecule has 0 bridgehead atoms. The first-order valence-corrected chi connectivity index (χ1v) is 7.10. The van der Waals surface area contributed by atoms with E-state index in [0.717, 1.165) is 30.5 Å². The molecule has 1 rings (SSSR count). The van der Waals surface area contributed by atoms with Crippen LogP contribution in [0.4, 0.5) is 0 Å². The Balaban J connectivity index is 2.48. The first-order valence-electron chi connectivity index (χ1n) is 5.98. The Bertz CT molecular complexity index is 315. The van der Waals surface area contributed by atoms with Crippen LogP contribution in [0.3, 0.4) is 0 Å². The van der Waals surface area contributed by atoms with Gasteiger partial charge in [-0.15, -0.1) is 0 Å². The van der Waals surface area contributed by atoms with E-state index in [-0.39, 0.29) is 0 Å². The predicted octanol–water partition coefficient (Wildman–Crippen LogP) is 3.68. The van der Waals surface area contributed by atoms with Gasteiger partial charge in [0.15, 0.2) is 0 Å². The Morgan fingerprint density at radius 1 is 1.29 bits per heavy atom. The van der Waals surface area contributed by atoms with E-state index in [2.05, 4.69) is 34.1 Å². The number of methoxy groups -OCH3 is 2. The van der Waals surface area contributed by atoms with Crippen LogP contribution in [-0.2, 0) is 11.2 Å². The van der Waals surface area contributed by atoms with Gasteiger partial charge in [-0.1, -0.05) is 28.1 Å². The van der Waals surface area contributed by atoms with Crippen molar-refractivity contribution in [2.75, 3.05) is 26.2 Å². The molecule has 0 amide bonds. The number of alkyl halides is 1. The zero-order valence-corrected chi connectivity index (χ0v) is 12.2. The molecule has 3 heteroatoms. The zero-order chi connectivity index (χ0) is 12.5. The lowest BCUT2D eigenvalue weighted by Gasteiger charge is -2.14. The number of rotatable bonds is 8. The molecule has 0 saturated carbocycles. The van der Waals surface area contributed by atoms with Gasteiger partial charge in [0, 0.05) is 19.0 Å². The van der Waals surface area contributed by atoms with Gasteiger partial charge in [-0.05, 0) is 42.9 Å². The standard InChI is InChI=1S/C14H21BrO2/c1-16-8-4-6-13(11-15)9-12-5-3-7-14(10-12)17-2/h3,5,7,10,13H,4,6,8-9,11H2,1-2H3. The lowest BCUT2D eigenvalue weighted by atomic mass is 9.96. The van der Waals surface area contributed by atoms with E-state index in [1.165, 1.54) is 12.0 Å². The highest BCUT2D eigenvalue weighted by molar-refractivity contribution is 9.09. The molecule has 0 aliphatic carbocycles. The van der Waals surface area contributed by atoms with Crippen LogP contribution >= 0.6 is 15.9 Å². The lowest BCUT2D eigenvalue weighted by molar-refractivity contribution is 0.188. The molecular formula is C14H21BrO2. The monoisotopic (exact) mass is 300 g/mol. The molecule has 0 aromatic heterocycles. The van der Waals surface area contributed by atoms with Gasteiger partial charge in [0.25, 0.3) is 0 Å². The van der Waals surface area contributed by atoms with Crippen LogP contribution < -0.4 is 4.74 Å². The number of ether oxygens (including phenoxy) is 2. The summed E-state index contributed by atoms with van der Waals surface area (Å²) in [6.07, 6.45) is 3.40. The molecule has 0 aliphatic heterocycles. The summed E-state index contributed by atoms with van der Waals surface area (Å²) in [5, 5.41) is 1.04. The lowest BCUT2D eigenvalue weighted by Crippen LogP contribution is -2.07. The highest BCUT2D eigenvalue weighted by Crippen LogP contribution is 2.20. The molecule has 0 radical (unpaired) electrons. The normalized spacial score (nSPS) is 12.4.